The number of fused-ring (bicyclic) bond motifs is 1. The largest absolute Gasteiger partial charge is 0.298 e. The van der Waals surface area contributed by atoms with E-state index in [1.807, 2.05) is 41.9 Å². The summed E-state index contributed by atoms with van der Waals surface area (Å²) < 4.78 is 1.85. The number of rotatable bonds is 3. The number of anilines is 1. The third kappa shape index (κ3) is 3.35. The Morgan fingerprint density at radius 1 is 1.12 bits per heavy atom. The summed E-state index contributed by atoms with van der Waals surface area (Å²) in [7, 11) is 0. The highest BCUT2D eigenvalue weighted by molar-refractivity contribution is 7.15. The topological polar surface area (TPSA) is 59.8 Å². The van der Waals surface area contributed by atoms with Crippen LogP contribution in [0, 0.1) is 6.92 Å². The van der Waals surface area contributed by atoms with Crippen LogP contribution < -0.4 is 5.32 Å². The number of aromatic nitrogens is 3. The van der Waals surface area contributed by atoms with Gasteiger partial charge in [0.15, 0.2) is 5.13 Å². The molecule has 1 N–H and O–H groups in total. The van der Waals surface area contributed by atoms with Crippen LogP contribution in [0.3, 0.4) is 0 Å². The van der Waals surface area contributed by atoms with Gasteiger partial charge in [0.1, 0.15) is 0 Å². The zero-order valence-corrected chi connectivity index (χ0v) is 15.0. The van der Waals surface area contributed by atoms with E-state index in [1.165, 1.54) is 29.8 Å². The smallest absolute Gasteiger partial charge is 0.257 e. The second kappa shape index (κ2) is 6.80. The summed E-state index contributed by atoms with van der Waals surface area (Å²) in [4.78, 5) is 18.4. The van der Waals surface area contributed by atoms with Crippen molar-refractivity contribution in [2.75, 3.05) is 5.32 Å². The summed E-state index contributed by atoms with van der Waals surface area (Å²) in [6.45, 7) is 2.00. The molecule has 6 heteroatoms. The number of carbonyl (C=O) groups excluding carboxylic acids is 1. The summed E-state index contributed by atoms with van der Waals surface area (Å²) in [5, 5.41) is 7.94. The first kappa shape index (κ1) is 16.0. The van der Waals surface area contributed by atoms with Crippen molar-refractivity contribution in [3.63, 3.8) is 0 Å². The van der Waals surface area contributed by atoms with Gasteiger partial charge >= 0.3 is 0 Å². The molecule has 1 amide bonds. The summed E-state index contributed by atoms with van der Waals surface area (Å²) in [6.07, 6.45) is 7.56. The summed E-state index contributed by atoms with van der Waals surface area (Å²) in [6, 6.07) is 9.42. The van der Waals surface area contributed by atoms with Gasteiger partial charge in [-0.15, -0.1) is 11.3 Å². The van der Waals surface area contributed by atoms with Gasteiger partial charge in [-0.3, -0.25) is 10.1 Å². The molecule has 5 nitrogen and oxygen atoms in total. The van der Waals surface area contributed by atoms with Crippen molar-refractivity contribution in [3.8, 4) is 5.69 Å². The minimum Gasteiger partial charge on any atom is -0.298 e. The van der Waals surface area contributed by atoms with Gasteiger partial charge in [-0.25, -0.2) is 9.67 Å². The molecule has 0 saturated carbocycles. The number of nitrogens with zero attached hydrogens (tertiary/aromatic N) is 3. The molecule has 2 heterocycles. The van der Waals surface area contributed by atoms with Gasteiger partial charge in [-0.05, 0) is 62.9 Å². The molecule has 0 atom stereocenters. The Labute approximate surface area is 150 Å². The molecule has 0 unspecified atom stereocenters. The molecule has 2 aromatic heterocycles. The Morgan fingerprint density at radius 2 is 1.92 bits per heavy atom. The zero-order chi connectivity index (χ0) is 17.2. The van der Waals surface area contributed by atoms with Gasteiger partial charge in [0, 0.05) is 22.3 Å². The molecule has 25 heavy (non-hydrogen) atoms. The van der Waals surface area contributed by atoms with Crippen LogP contribution in [0.5, 0.6) is 0 Å². The normalized spacial score (nSPS) is 14.0. The third-order valence-electron chi connectivity index (χ3n) is 4.52. The van der Waals surface area contributed by atoms with Crippen molar-refractivity contribution in [2.24, 2.45) is 0 Å². The summed E-state index contributed by atoms with van der Waals surface area (Å²) in [5.41, 5.74) is 3.79. The van der Waals surface area contributed by atoms with Crippen molar-refractivity contribution in [1.29, 1.82) is 0 Å². The number of aryl methyl sites for hydroxylation is 3. The van der Waals surface area contributed by atoms with Crippen LogP contribution in [0.4, 0.5) is 5.13 Å². The molecule has 0 radical (unpaired) electrons. The molecule has 1 aliphatic rings. The van der Waals surface area contributed by atoms with Gasteiger partial charge in [-0.1, -0.05) is 6.42 Å². The van der Waals surface area contributed by atoms with Crippen molar-refractivity contribution < 1.29 is 4.79 Å². The Bertz CT molecular complexity index is 871. The number of hydrogen-bond acceptors (Lipinski definition) is 4. The van der Waals surface area contributed by atoms with Gasteiger partial charge in [0.25, 0.3) is 5.91 Å². The first-order chi connectivity index (χ1) is 12.2. The molecule has 0 bridgehead atoms. The fraction of sp³-hybridized carbons (Fsp3) is 0.316. The van der Waals surface area contributed by atoms with E-state index in [0.717, 1.165) is 24.2 Å². The van der Waals surface area contributed by atoms with E-state index >= 15 is 0 Å². The second-order valence-electron chi connectivity index (χ2n) is 6.33. The van der Waals surface area contributed by atoms with Crippen LogP contribution in [-0.4, -0.2) is 20.7 Å². The first-order valence-electron chi connectivity index (χ1n) is 8.62. The van der Waals surface area contributed by atoms with Gasteiger partial charge in [0.2, 0.25) is 0 Å². The van der Waals surface area contributed by atoms with E-state index in [4.69, 9.17) is 0 Å². The SMILES string of the molecule is Cc1ccnn1-c1ccc(C(=O)Nc2nc3c(s2)CCCCC3)cc1. The number of amides is 1. The fourth-order valence-corrected chi connectivity index (χ4v) is 4.19. The number of benzene rings is 1. The van der Waals surface area contributed by atoms with Crippen LogP contribution in [0.15, 0.2) is 36.5 Å². The molecule has 1 aliphatic carbocycles. The molecule has 0 aliphatic heterocycles. The minimum atomic E-state index is -0.118. The molecule has 4 rings (SSSR count). The molecule has 0 spiro atoms. The van der Waals surface area contributed by atoms with Crippen LogP contribution in [0.25, 0.3) is 5.69 Å². The lowest BCUT2D eigenvalue weighted by molar-refractivity contribution is 0.102. The van der Waals surface area contributed by atoms with Crippen molar-refractivity contribution >= 4 is 22.4 Å². The zero-order valence-electron chi connectivity index (χ0n) is 14.2. The van der Waals surface area contributed by atoms with Crippen molar-refractivity contribution in [2.45, 2.75) is 39.0 Å². The maximum atomic E-state index is 12.5. The molecule has 1 aromatic carbocycles. The number of carbonyl (C=O) groups is 1. The number of nitrogens with one attached hydrogen (secondary N) is 1. The number of thiazole rings is 1. The van der Waals surface area contributed by atoms with Crippen LogP contribution in [0.2, 0.25) is 0 Å². The predicted molar refractivity (Wildman–Crippen MR) is 99.6 cm³/mol. The lowest BCUT2D eigenvalue weighted by Crippen LogP contribution is -2.12. The standard InChI is InChI=1S/C19H20N4OS/c1-13-11-12-20-23(13)15-9-7-14(8-10-15)18(24)22-19-21-16-5-3-2-4-6-17(16)25-19/h7-12H,2-6H2,1H3,(H,21,22,24). The molecular formula is C19H20N4OS. The molecule has 0 fully saturated rings. The average molecular weight is 352 g/mol. The lowest BCUT2D eigenvalue weighted by atomic mass is 10.2. The average Bonchev–Trinajstić information content (AvgIpc) is 3.15. The Balaban J connectivity index is 1.49. The third-order valence-corrected chi connectivity index (χ3v) is 5.60. The molecule has 0 saturated heterocycles. The minimum absolute atomic E-state index is 0.118. The maximum absolute atomic E-state index is 12.5. The Hall–Kier alpha value is -2.47. The highest BCUT2D eigenvalue weighted by atomic mass is 32.1. The Morgan fingerprint density at radius 3 is 2.68 bits per heavy atom. The van der Waals surface area contributed by atoms with E-state index in [1.54, 1.807) is 17.5 Å². The second-order valence-corrected chi connectivity index (χ2v) is 7.42. The van der Waals surface area contributed by atoms with Crippen molar-refractivity contribution in [1.82, 2.24) is 14.8 Å². The van der Waals surface area contributed by atoms with E-state index in [2.05, 4.69) is 15.4 Å². The number of hydrogen-bond donors (Lipinski definition) is 1. The molecular weight excluding hydrogens is 332 g/mol. The highest BCUT2D eigenvalue weighted by Gasteiger charge is 2.16. The van der Waals surface area contributed by atoms with Crippen LogP contribution >= 0.6 is 11.3 Å². The quantitative estimate of drug-likeness (QED) is 0.720. The van der Waals surface area contributed by atoms with Crippen LogP contribution in [-0.2, 0) is 12.8 Å². The lowest BCUT2D eigenvalue weighted by Gasteiger charge is -2.06. The predicted octanol–water partition coefficient (Wildman–Crippen LogP) is 4.16. The fourth-order valence-electron chi connectivity index (χ4n) is 3.15. The van der Waals surface area contributed by atoms with E-state index in [-0.39, 0.29) is 5.91 Å². The van der Waals surface area contributed by atoms with Gasteiger partial charge < -0.3 is 0 Å². The molecule has 128 valence electrons. The Kier molecular flexibility index (Phi) is 4.36. The van der Waals surface area contributed by atoms with Gasteiger partial charge in [0.05, 0.1) is 11.4 Å². The van der Waals surface area contributed by atoms with E-state index in [0.29, 0.717) is 10.7 Å². The van der Waals surface area contributed by atoms with E-state index < -0.39 is 0 Å². The van der Waals surface area contributed by atoms with Crippen molar-refractivity contribution in [3.05, 3.63) is 58.4 Å². The highest BCUT2D eigenvalue weighted by Crippen LogP contribution is 2.29. The monoisotopic (exact) mass is 352 g/mol. The summed E-state index contributed by atoms with van der Waals surface area (Å²) in [5.74, 6) is -0.118. The summed E-state index contributed by atoms with van der Waals surface area (Å²) >= 11 is 1.62. The maximum Gasteiger partial charge on any atom is 0.257 e. The van der Waals surface area contributed by atoms with Gasteiger partial charge in [-0.2, -0.15) is 5.10 Å². The van der Waals surface area contributed by atoms with Crippen LogP contribution in [0.1, 0.15) is 45.9 Å². The van der Waals surface area contributed by atoms with E-state index in [9.17, 15) is 4.79 Å². The molecule has 3 aromatic rings. The first-order valence-corrected chi connectivity index (χ1v) is 9.43.